The number of hydrogen-bond acceptors (Lipinski definition) is 2. The van der Waals surface area contributed by atoms with E-state index >= 15 is 0 Å². The lowest BCUT2D eigenvalue weighted by Crippen LogP contribution is -2.03. The summed E-state index contributed by atoms with van der Waals surface area (Å²) in [6.07, 6.45) is 2.43. The minimum atomic E-state index is 0.580. The molecule has 0 spiro atoms. The van der Waals surface area contributed by atoms with Crippen LogP contribution in [-0.2, 0) is 4.84 Å². The summed E-state index contributed by atoms with van der Waals surface area (Å²) in [7, 11) is 1.58. The van der Waals surface area contributed by atoms with E-state index in [1.54, 1.807) is 7.11 Å². The average Bonchev–Trinajstić information content (AvgIpc) is 2.99. The molecule has 1 aliphatic carbocycles. The summed E-state index contributed by atoms with van der Waals surface area (Å²) in [5.74, 6) is 0.580. The van der Waals surface area contributed by atoms with Crippen molar-refractivity contribution in [2.45, 2.75) is 12.8 Å². The molecule has 2 nitrogen and oxygen atoms in total. The second-order valence-electron chi connectivity index (χ2n) is 3.44. The van der Waals surface area contributed by atoms with Gasteiger partial charge in [0.05, 0.1) is 5.71 Å². The third kappa shape index (κ3) is 2.07. The van der Waals surface area contributed by atoms with Gasteiger partial charge in [0.15, 0.2) is 0 Å². The third-order valence-corrected chi connectivity index (χ3v) is 2.55. The Morgan fingerprint density at radius 3 is 2.50 bits per heavy atom. The van der Waals surface area contributed by atoms with E-state index in [1.807, 2.05) is 24.3 Å². The molecule has 1 aromatic rings. The molecule has 2 rings (SSSR count). The van der Waals surface area contributed by atoms with E-state index in [1.165, 1.54) is 12.8 Å². The zero-order valence-corrected chi connectivity index (χ0v) is 8.79. The summed E-state index contributed by atoms with van der Waals surface area (Å²) in [5.41, 5.74) is 2.16. The quantitative estimate of drug-likeness (QED) is 0.554. The Kier molecular flexibility index (Phi) is 2.73. The van der Waals surface area contributed by atoms with Gasteiger partial charge in [-0.2, -0.15) is 0 Å². The normalized spacial score (nSPS) is 16.9. The minimum Gasteiger partial charge on any atom is -0.399 e. The van der Waals surface area contributed by atoms with Crippen molar-refractivity contribution in [1.29, 1.82) is 0 Å². The Balaban J connectivity index is 2.26. The summed E-state index contributed by atoms with van der Waals surface area (Å²) in [6.45, 7) is 0. The first-order valence-corrected chi connectivity index (χ1v) is 5.06. The molecule has 0 aromatic heterocycles. The standard InChI is InChI=1S/C11H12ClNO/c1-14-13-11(8-2-3-8)9-4-6-10(12)7-5-9/h4-8H,2-3H2,1H3/b13-11+. The molecule has 1 aliphatic rings. The fourth-order valence-electron chi connectivity index (χ4n) is 1.44. The number of hydrogen-bond donors (Lipinski definition) is 0. The van der Waals surface area contributed by atoms with Gasteiger partial charge in [0.25, 0.3) is 0 Å². The molecule has 74 valence electrons. The van der Waals surface area contributed by atoms with E-state index in [0.29, 0.717) is 5.92 Å². The largest absolute Gasteiger partial charge is 0.399 e. The average molecular weight is 210 g/mol. The molecule has 0 N–H and O–H groups in total. The predicted molar refractivity (Wildman–Crippen MR) is 57.7 cm³/mol. The highest BCUT2D eigenvalue weighted by Crippen LogP contribution is 2.33. The van der Waals surface area contributed by atoms with E-state index in [-0.39, 0.29) is 0 Å². The van der Waals surface area contributed by atoms with Gasteiger partial charge in [-0.1, -0.05) is 28.9 Å². The summed E-state index contributed by atoms with van der Waals surface area (Å²) in [5, 5.41) is 4.81. The summed E-state index contributed by atoms with van der Waals surface area (Å²) in [6, 6.07) is 7.73. The van der Waals surface area contributed by atoms with Crippen molar-refractivity contribution in [1.82, 2.24) is 0 Å². The molecule has 0 amide bonds. The van der Waals surface area contributed by atoms with Gasteiger partial charge in [-0.25, -0.2) is 0 Å². The lowest BCUT2D eigenvalue weighted by molar-refractivity contribution is 0.212. The summed E-state index contributed by atoms with van der Waals surface area (Å²) >= 11 is 5.82. The van der Waals surface area contributed by atoms with Crippen LogP contribution in [0.4, 0.5) is 0 Å². The van der Waals surface area contributed by atoms with Crippen LogP contribution in [-0.4, -0.2) is 12.8 Å². The number of halogens is 1. The van der Waals surface area contributed by atoms with Crippen LogP contribution in [0.5, 0.6) is 0 Å². The molecule has 0 aliphatic heterocycles. The van der Waals surface area contributed by atoms with Crippen LogP contribution in [0.1, 0.15) is 18.4 Å². The highest BCUT2D eigenvalue weighted by Gasteiger charge is 2.29. The first-order valence-electron chi connectivity index (χ1n) is 4.68. The van der Waals surface area contributed by atoms with Crippen molar-refractivity contribution in [3.8, 4) is 0 Å². The van der Waals surface area contributed by atoms with Crippen LogP contribution in [0.25, 0.3) is 0 Å². The summed E-state index contributed by atoms with van der Waals surface area (Å²) in [4.78, 5) is 4.84. The van der Waals surface area contributed by atoms with Crippen molar-refractivity contribution in [3.63, 3.8) is 0 Å². The zero-order valence-electron chi connectivity index (χ0n) is 8.03. The van der Waals surface area contributed by atoms with Gasteiger partial charge in [0.2, 0.25) is 0 Å². The first-order chi connectivity index (χ1) is 6.81. The van der Waals surface area contributed by atoms with Gasteiger partial charge >= 0.3 is 0 Å². The Labute approximate surface area is 88.5 Å². The number of rotatable bonds is 3. The fourth-order valence-corrected chi connectivity index (χ4v) is 1.56. The van der Waals surface area contributed by atoms with Gasteiger partial charge in [0, 0.05) is 10.9 Å². The van der Waals surface area contributed by atoms with E-state index in [2.05, 4.69) is 5.16 Å². The highest BCUT2D eigenvalue weighted by molar-refractivity contribution is 6.30. The molecule has 1 saturated carbocycles. The number of nitrogens with zero attached hydrogens (tertiary/aromatic N) is 1. The molecule has 14 heavy (non-hydrogen) atoms. The molecule has 3 heteroatoms. The van der Waals surface area contributed by atoms with Gasteiger partial charge < -0.3 is 4.84 Å². The molecule has 0 unspecified atom stereocenters. The second-order valence-corrected chi connectivity index (χ2v) is 3.88. The predicted octanol–water partition coefficient (Wildman–Crippen LogP) is 3.10. The van der Waals surface area contributed by atoms with Gasteiger partial charge in [-0.3, -0.25) is 0 Å². The molecule has 1 aromatic carbocycles. The van der Waals surface area contributed by atoms with Crippen molar-refractivity contribution >= 4 is 17.3 Å². The third-order valence-electron chi connectivity index (χ3n) is 2.29. The lowest BCUT2D eigenvalue weighted by atomic mass is 10.1. The van der Waals surface area contributed by atoms with Crippen molar-refractivity contribution in [2.24, 2.45) is 11.1 Å². The van der Waals surface area contributed by atoms with Crippen LogP contribution in [0.2, 0.25) is 5.02 Å². The maximum atomic E-state index is 5.82. The minimum absolute atomic E-state index is 0.580. The Morgan fingerprint density at radius 1 is 1.36 bits per heavy atom. The van der Waals surface area contributed by atoms with Crippen LogP contribution >= 0.6 is 11.6 Å². The Bertz CT molecular complexity index is 341. The highest BCUT2D eigenvalue weighted by atomic mass is 35.5. The van der Waals surface area contributed by atoms with E-state index < -0.39 is 0 Å². The number of benzene rings is 1. The van der Waals surface area contributed by atoms with Gasteiger partial charge in [0.1, 0.15) is 7.11 Å². The summed E-state index contributed by atoms with van der Waals surface area (Å²) < 4.78 is 0. The van der Waals surface area contributed by atoms with Crippen LogP contribution in [0.3, 0.4) is 0 Å². The molecule has 0 bridgehead atoms. The molecular formula is C11H12ClNO. The number of oxime groups is 1. The molecule has 1 fully saturated rings. The van der Waals surface area contributed by atoms with Crippen LogP contribution in [0, 0.1) is 5.92 Å². The Morgan fingerprint density at radius 2 is 2.00 bits per heavy atom. The SMILES string of the molecule is CO/N=C(/c1ccc(Cl)cc1)C1CC1. The maximum absolute atomic E-state index is 5.82. The van der Waals surface area contributed by atoms with Crippen molar-refractivity contribution in [2.75, 3.05) is 7.11 Å². The monoisotopic (exact) mass is 209 g/mol. The second kappa shape index (κ2) is 4.01. The molecule has 0 atom stereocenters. The van der Waals surface area contributed by atoms with Crippen LogP contribution in [0.15, 0.2) is 29.4 Å². The Hall–Kier alpha value is -1.02. The molecule has 0 heterocycles. The van der Waals surface area contributed by atoms with Crippen molar-refractivity contribution in [3.05, 3.63) is 34.9 Å². The van der Waals surface area contributed by atoms with E-state index in [0.717, 1.165) is 16.3 Å². The first kappa shape index (κ1) is 9.53. The van der Waals surface area contributed by atoms with Gasteiger partial charge in [-0.05, 0) is 30.5 Å². The van der Waals surface area contributed by atoms with Crippen molar-refractivity contribution < 1.29 is 4.84 Å². The zero-order chi connectivity index (χ0) is 9.97. The molecule has 0 saturated heterocycles. The molecule has 0 radical (unpaired) electrons. The smallest absolute Gasteiger partial charge is 0.106 e. The maximum Gasteiger partial charge on any atom is 0.106 e. The molecular weight excluding hydrogens is 198 g/mol. The van der Waals surface area contributed by atoms with E-state index in [4.69, 9.17) is 16.4 Å². The van der Waals surface area contributed by atoms with Gasteiger partial charge in [-0.15, -0.1) is 0 Å². The topological polar surface area (TPSA) is 21.6 Å². The lowest BCUT2D eigenvalue weighted by Gasteiger charge is -2.03. The van der Waals surface area contributed by atoms with Crippen LogP contribution < -0.4 is 0 Å². The fraction of sp³-hybridized carbons (Fsp3) is 0.364. The van der Waals surface area contributed by atoms with E-state index in [9.17, 15) is 0 Å².